The zero-order valence-electron chi connectivity index (χ0n) is 9.77. The van der Waals surface area contributed by atoms with Crippen molar-refractivity contribution in [3.8, 4) is 0 Å². The van der Waals surface area contributed by atoms with Crippen molar-refractivity contribution >= 4 is 33.0 Å². The molecule has 3 atom stereocenters. The molecule has 0 spiro atoms. The van der Waals surface area contributed by atoms with E-state index in [0.29, 0.717) is 15.9 Å². The van der Waals surface area contributed by atoms with Crippen molar-refractivity contribution in [1.82, 2.24) is 19.5 Å². The quantitative estimate of drug-likeness (QED) is 0.645. The predicted octanol–water partition coefficient (Wildman–Crippen LogP) is -0.331. The summed E-state index contributed by atoms with van der Waals surface area (Å²) in [6.45, 7) is -0.0406. The molecule has 0 amide bonds. The minimum absolute atomic E-state index is 0.125. The zero-order valence-corrected chi connectivity index (χ0v) is 11.4. The van der Waals surface area contributed by atoms with Crippen LogP contribution in [-0.4, -0.2) is 49.0 Å². The SMILES string of the molecule is Nc1ncc2nc(Br)n([C@H]3OCC(O)[C@H]3CO)c2n1. The van der Waals surface area contributed by atoms with Crippen molar-refractivity contribution in [3.05, 3.63) is 10.9 Å². The van der Waals surface area contributed by atoms with Gasteiger partial charge < -0.3 is 20.7 Å². The summed E-state index contributed by atoms with van der Waals surface area (Å²) in [6, 6.07) is 0. The lowest BCUT2D eigenvalue weighted by Crippen LogP contribution is -2.26. The number of anilines is 1. The molecule has 4 N–H and O–H groups in total. The number of ether oxygens (including phenoxy) is 1. The molecule has 0 bridgehead atoms. The highest BCUT2D eigenvalue weighted by Gasteiger charge is 2.38. The third kappa shape index (κ3) is 1.98. The van der Waals surface area contributed by atoms with E-state index in [1.54, 1.807) is 4.57 Å². The predicted molar refractivity (Wildman–Crippen MR) is 69.0 cm³/mol. The Bertz CT molecular complexity index is 618. The van der Waals surface area contributed by atoms with Crippen LogP contribution in [-0.2, 0) is 4.74 Å². The molecule has 2 aromatic rings. The van der Waals surface area contributed by atoms with Gasteiger partial charge in [-0.3, -0.25) is 4.57 Å². The maximum absolute atomic E-state index is 9.78. The molecule has 0 radical (unpaired) electrons. The Morgan fingerprint density at radius 2 is 2.32 bits per heavy atom. The summed E-state index contributed by atoms with van der Waals surface area (Å²) in [5.74, 6) is -0.315. The van der Waals surface area contributed by atoms with Gasteiger partial charge in [-0.1, -0.05) is 0 Å². The summed E-state index contributed by atoms with van der Waals surface area (Å²) in [5, 5.41) is 19.2. The lowest BCUT2D eigenvalue weighted by Gasteiger charge is -2.20. The number of halogens is 1. The van der Waals surface area contributed by atoms with E-state index in [2.05, 4.69) is 30.9 Å². The van der Waals surface area contributed by atoms with Crippen LogP contribution in [0.25, 0.3) is 11.2 Å². The first-order chi connectivity index (χ1) is 9.11. The van der Waals surface area contributed by atoms with E-state index in [0.717, 1.165) is 0 Å². The first kappa shape index (κ1) is 12.7. The molecule has 0 saturated carbocycles. The van der Waals surface area contributed by atoms with Gasteiger partial charge in [-0.05, 0) is 15.9 Å². The molecule has 0 aliphatic carbocycles. The molecule has 2 aromatic heterocycles. The van der Waals surface area contributed by atoms with E-state index in [9.17, 15) is 10.2 Å². The molecule has 3 heterocycles. The largest absolute Gasteiger partial charge is 0.396 e. The first-order valence-electron chi connectivity index (χ1n) is 5.68. The van der Waals surface area contributed by atoms with Crippen LogP contribution in [0.2, 0.25) is 0 Å². The van der Waals surface area contributed by atoms with E-state index in [1.807, 2.05) is 0 Å². The minimum atomic E-state index is -0.724. The van der Waals surface area contributed by atoms with E-state index in [-0.39, 0.29) is 19.2 Å². The highest BCUT2D eigenvalue weighted by Crippen LogP contribution is 2.34. The topological polar surface area (TPSA) is 119 Å². The summed E-state index contributed by atoms with van der Waals surface area (Å²) >= 11 is 3.32. The molecule has 0 aromatic carbocycles. The number of hydrogen-bond donors (Lipinski definition) is 3. The Kier molecular flexibility index (Phi) is 3.13. The maximum atomic E-state index is 9.78. The smallest absolute Gasteiger partial charge is 0.222 e. The molecule has 1 fully saturated rings. The van der Waals surface area contributed by atoms with Crippen LogP contribution in [0.5, 0.6) is 0 Å². The second-order valence-electron chi connectivity index (χ2n) is 4.33. The second-order valence-corrected chi connectivity index (χ2v) is 5.03. The fourth-order valence-corrected chi connectivity index (χ4v) is 2.78. The van der Waals surface area contributed by atoms with E-state index in [4.69, 9.17) is 10.5 Å². The lowest BCUT2D eigenvalue weighted by molar-refractivity contribution is 0.0176. The average molecular weight is 330 g/mol. The molecule has 19 heavy (non-hydrogen) atoms. The van der Waals surface area contributed by atoms with Crippen molar-refractivity contribution in [2.75, 3.05) is 18.9 Å². The van der Waals surface area contributed by atoms with Crippen molar-refractivity contribution < 1.29 is 14.9 Å². The molecule has 1 saturated heterocycles. The summed E-state index contributed by atoms with van der Waals surface area (Å²) in [4.78, 5) is 12.2. The van der Waals surface area contributed by atoms with Crippen LogP contribution < -0.4 is 5.73 Å². The molecular weight excluding hydrogens is 318 g/mol. The van der Waals surface area contributed by atoms with Gasteiger partial charge in [0, 0.05) is 0 Å². The summed E-state index contributed by atoms with van der Waals surface area (Å²) < 4.78 is 7.67. The highest BCUT2D eigenvalue weighted by molar-refractivity contribution is 9.10. The monoisotopic (exact) mass is 329 g/mol. The Morgan fingerprint density at radius 3 is 3.05 bits per heavy atom. The second kappa shape index (κ2) is 4.67. The number of rotatable bonds is 2. The minimum Gasteiger partial charge on any atom is -0.396 e. The molecule has 3 rings (SSSR count). The van der Waals surface area contributed by atoms with E-state index < -0.39 is 18.2 Å². The Labute approximate surface area is 116 Å². The molecule has 102 valence electrons. The van der Waals surface area contributed by atoms with Gasteiger partial charge >= 0.3 is 0 Å². The molecule has 9 heteroatoms. The van der Waals surface area contributed by atoms with Gasteiger partial charge in [-0.15, -0.1) is 0 Å². The fourth-order valence-electron chi connectivity index (χ4n) is 2.21. The van der Waals surface area contributed by atoms with Gasteiger partial charge in [0.05, 0.1) is 31.4 Å². The molecule has 1 aliphatic heterocycles. The standard InChI is InChI=1S/C10H12BrN5O3/c11-9-14-5-1-13-10(12)15-7(5)16(9)8-4(2-17)6(18)3-19-8/h1,4,6,8,17-18H,2-3H2,(H2,12,13,15)/t4-,6?,8+/m1/s1. The van der Waals surface area contributed by atoms with Crippen molar-refractivity contribution in [2.24, 2.45) is 5.92 Å². The normalized spacial score (nSPS) is 27.2. The van der Waals surface area contributed by atoms with E-state index in [1.165, 1.54) is 6.20 Å². The van der Waals surface area contributed by atoms with Gasteiger partial charge in [0.25, 0.3) is 0 Å². The number of hydrogen-bond acceptors (Lipinski definition) is 7. The van der Waals surface area contributed by atoms with Crippen LogP contribution in [0.1, 0.15) is 6.23 Å². The summed E-state index contributed by atoms with van der Waals surface area (Å²) in [6.07, 6.45) is 0.241. The van der Waals surface area contributed by atoms with Gasteiger partial charge in [0.2, 0.25) is 5.95 Å². The van der Waals surface area contributed by atoms with Gasteiger partial charge in [-0.25, -0.2) is 9.97 Å². The number of aliphatic hydroxyl groups is 2. The van der Waals surface area contributed by atoms with Gasteiger partial charge in [0.15, 0.2) is 10.4 Å². The number of aromatic nitrogens is 4. The number of imidazole rings is 1. The van der Waals surface area contributed by atoms with Crippen LogP contribution in [0.3, 0.4) is 0 Å². The van der Waals surface area contributed by atoms with Crippen LogP contribution in [0, 0.1) is 5.92 Å². The Morgan fingerprint density at radius 1 is 1.53 bits per heavy atom. The Balaban J connectivity index is 2.14. The number of nitrogens with two attached hydrogens (primary N) is 1. The summed E-state index contributed by atoms with van der Waals surface area (Å²) in [7, 11) is 0. The highest BCUT2D eigenvalue weighted by atomic mass is 79.9. The molecule has 1 aliphatic rings. The fraction of sp³-hybridized carbons (Fsp3) is 0.500. The maximum Gasteiger partial charge on any atom is 0.222 e. The van der Waals surface area contributed by atoms with Crippen molar-refractivity contribution in [2.45, 2.75) is 12.3 Å². The van der Waals surface area contributed by atoms with E-state index >= 15 is 0 Å². The number of nitrogens with zero attached hydrogens (tertiary/aromatic N) is 4. The van der Waals surface area contributed by atoms with Crippen molar-refractivity contribution in [3.63, 3.8) is 0 Å². The molecule has 8 nitrogen and oxygen atoms in total. The zero-order chi connectivity index (χ0) is 13.6. The lowest BCUT2D eigenvalue weighted by atomic mass is 10.1. The molecular formula is C10H12BrN5O3. The van der Waals surface area contributed by atoms with Crippen molar-refractivity contribution in [1.29, 1.82) is 0 Å². The average Bonchev–Trinajstić information content (AvgIpc) is 2.88. The molecule has 1 unspecified atom stereocenters. The van der Waals surface area contributed by atoms with Crippen LogP contribution in [0.4, 0.5) is 5.95 Å². The van der Waals surface area contributed by atoms with Gasteiger partial charge in [-0.2, -0.15) is 4.98 Å². The Hall–Kier alpha value is -1.29. The first-order valence-corrected chi connectivity index (χ1v) is 6.47. The van der Waals surface area contributed by atoms with Crippen LogP contribution in [0.15, 0.2) is 10.9 Å². The summed E-state index contributed by atoms with van der Waals surface area (Å²) in [5.41, 5.74) is 6.63. The third-order valence-electron chi connectivity index (χ3n) is 3.17. The number of nitrogen functional groups attached to an aromatic ring is 1. The van der Waals surface area contributed by atoms with Crippen LogP contribution >= 0.6 is 15.9 Å². The number of aliphatic hydroxyl groups excluding tert-OH is 2. The number of fused-ring (bicyclic) bond motifs is 1. The third-order valence-corrected chi connectivity index (χ3v) is 3.73. The van der Waals surface area contributed by atoms with Gasteiger partial charge in [0.1, 0.15) is 11.7 Å².